The van der Waals surface area contributed by atoms with E-state index in [2.05, 4.69) is 5.92 Å². The van der Waals surface area contributed by atoms with Crippen LogP contribution in [0.3, 0.4) is 0 Å². The molecule has 0 radical (unpaired) electrons. The van der Waals surface area contributed by atoms with Crippen LogP contribution in [0.5, 0.6) is 0 Å². The summed E-state index contributed by atoms with van der Waals surface area (Å²) in [4.78, 5) is 0.457. The summed E-state index contributed by atoms with van der Waals surface area (Å²) in [5, 5.41) is 1.67. The first-order valence-electron chi connectivity index (χ1n) is 4.59. The topological polar surface area (TPSA) is 0 Å². The zero-order valence-corrected chi connectivity index (χ0v) is 9.35. The molecule has 0 saturated carbocycles. The number of thiophene rings is 1. The summed E-state index contributed by atoms with van der Waals surface area (Å²) in [5.41, 5.74) is -1.13. The summed E-state index contributed by atoms with van der Waals surface area (Å²) >= 11 is 1.19. The molecule has 1 aromatic carbocycles. The molecule has 0 saturated heterocycles. The lowest BCUT2D eigenvalue weighted by Gasteiger charge is -2.02. The maximum absolute atomic E-state index is 13.2. The average molecular weight is 274 g/mol. The maximum Gasteiger partial charge on any atom is 0.200 e. The molecule has 0 N–H and O–H groups in total. The van der Waals surface area contributed by atoms with Crippen molar-refractivity contribution in [2.75, 3.05) is 0 Å². The van der Waals surface area contributed by atoms with Gasteiger partial charge in [-0.3, -0.25) is 0 Å². The van der Waals surface area contributed by atoms with Gasteiger partial charge in [0.05, 0.1) is 4.88 Å². The standard InChI is InChI=1S/C12H3F5S/c13-8-7(4-3-6-2-1-5-18-6)9(14)11(16)12(17)10(8)15/h1-2,5H. The van der Waals surface area contributed by atoms with Crippen molar-refractivity contribution in [2.24, 2.45) is 0 Å². The molecule has 0 unspecified atom stereocenters. The van der Waals surface area contributed by atoms with Crippen LogP contribution < -0.4 is 0 Å². The van der Waals surface area contributed by atoms with E-state index in [9.17, 15) is 22.0 Å². The van der Waals surface area contributed by atoms with Gasteiger partial charge in [-0.05, 0) is 11.4 Å². The van der Waals surface area contributed by atoms with Crippen molar-refractivity contribution in [1.82, 2.24) is 0 Å². The van der Waals surface area contributed by atoms with Gasteiger partial charge in [0, 0.05) is 0 Å². The van der Waals surface area contributed by atoms with Crippen molar-refractivity contribution in [3.63, 3.8) is 0 Å². The van der Waals surface area contributed by atoms with Crippen LogP contribution in [0.1, 0.15) is 10.4 Å². The second kappa shape index (κ2) is 4.78. The molecular formula is C12H3F5S. The van der Waals surface area contributed by atoms with E-state index in [0.29, 0.717) is 4.88 Å². The van der Waals surface area contributed by atoms with Crippen LogP contribution in [0.4, 0.5) is 22.0 Å². The van der Waals surface area contributed by atoms with Crippen molar-refractivity contribution in [3.05, 3.63) is 57.0 Å². The van der Waals surface area contributed by atoms with E-state index in [0.717, 1.165) is 0 Å². The largest absolute Gasteiger partial charge is 0.202 e. The molecule has 0 aliphatic heterocycles. The smallest absolute Gasteiger partial charge is 0.200 e. The number of benzene rings is 1. The van der Waals surface area contributed by atoms with Gasteiger partial charge in [-0.15, -0.1) is 11.3 Å². The number of hydrogen-bond donors (Lipinski definition) is 0. The number of hydrogen-bond acceptors (Lipinski definition) is 1. The minimum Gasteiger partial charge on any atom is -0.202 e. The Morgan fingerprint density at radius 2 is 1.33 bits per heavy atom. The van der Waals surface area contributed by atoms with E-state index in [1.165, 1.54) is 11.3 Å². The first-order chi connectivity index (χ1) is 8.52. The van der Waals surface area contributed by atoms with Gasteiger partial charge in [-0.2, -0.15) is 0 Å². The fourth-order valence-corrected chi connectivity index (χ4v) is 1.76. The van der Waals surface area contributed by atoms with Crippen molar-refractivity contribution in [1.29, 1.82) is 0 Å². The van der Waals surface area contributed by atoms with Crippen LogP contribution in [0.15, 0.2) is 17.5 Å². The molecule has 0 fully saturated rings. The molecule has 92 valence electrons. The highest BCUT2D eigenvalue weighted by Gasteiger charge is 2.24. The second-order valence-corrected chi connectivity index (χ2v) is 4.12. The molecule has 18 heavy (non-hydrogen) atoms. The quantitative estimate of drug-likeness (QED) is 0.296. The van der Waals surface area contributed by atoms with Crippen LogP contribution in [0.2, 0.25) is 0 Å². The first-order valence-corrected chi connectivity index (χ1v) is 5.47. The van der Waals surface area contributed by atoms with Gasteiger partial charge < -0.3 is 0 Å². The predicted octanol–water partition coefficient (Wildman–Crippen LogP) is 3.84. The summed E-state index contributed by atoms with van der Waals surface area (Å²) in [6.07, 6.45) is 0. The molecule has 0 atom stereocenters. The fraction of sp³-hybridized carbons (Fsp3) is 0. The van der Waals surface area contributed by atoms with Crippen molar-refractivity contribution >= 4 is 11.3 Å². The highest BCUT2D eigenvalue weighted by Crippen LogP contribution is 2.22. The summed E-state index contributed by atoms with van der Waals surface area (Å²) in [5.74, 6) is -5.74. The molecule has 0 aliphatic rings. The molecule has 0 nitrogen and oxygen atoms in total. The lowest BCUT2D eigenvalue weighted by atomic mass is 10.1. The number of rotatable bonds is 0. The zero-order chi connectivity index (χ0) is 13.3. The molecule has 0 bridgehead atoms. The molecular weight excluding hydrogens is 271 g/mol. The van der Waals surface area contributed by atoms with Gasteiger partial charge in [0.1, 0.15) is 5.56 Å². The predicted molar refractivity (Wildman–Crippen MR) is 56.5 cm³/mol. The molecule has 1 aromatic heterocycles. The summed E-state index contributed by atoms with van der Waals surface area (Å²) < 4.78 is 64.8. The lowest BCUT2D eigenvalue weighted by molar-refractivity contribution is 0.376. The molecule has 0 amide bonds. The van der Waals surface area contributed by atoms with Gasteiger partial charge in [0.25, 0.3) is 0 Å². The Kier molecular flexibility index (Phi) is 3.34. The van der Waals surface area contributed by atoms with Crippen LogP contribution >= 0.6 is 11.3 Å². The highest BCUT2D eigenvalue weighted by molar-refractivity contribution is 7.10. The molecule has 0 spiro atoms. The van der Waals surface area contributed by atoms with Gasteiger partial charge >= 0.3 is 0 Å². The third-order valence-electron chi connectivity index (χ3n) is 2.04. The Morgan fingerprint density at radius 3 is 1.83 bits per heavy atom. The van der Waals surface area contributed by atoms with Gasteiger partial charge in [-0.25, -0.2) is 22.0 Å². The first kappa shape index (κ1) is 12.6. The summed E-state index contributed by atoms with van der Waals surface area (Å²) in [6, 6.07) is 3.21. The zero-order valence-electron chi connectivity index (χ0n) is 8.53. The minimum absolute atomic E-state index is 0.457. The Morgan fingerprint density at radius 1 is 0.778 bits per heavy atom. The van der Waals surface area contributed by atoms with Gasteiger partial charge in [0.15, 0.2) is 23.3 Å². The fourth-order valence-electron chi connectivity index (χ4n) is 1.19. The Bertz CT molecular complexity index is 620. The summed E-state index contributed by atoms with van der Waals surface area (Å²) in [6.45, 7) is 0. The highest BCUT2D eigenvalue weighted by atomic mass is 32.1. The normalized spacial score (nSPS) is 10.1. The van der Waals surface area contributed by atoms with E-state index in [-0.39, 0.29) is 0 Å². The second-order valence-electron chi connectivity index (χ2n) is 3.17. The third kappa shape index (κ3) is 2.09. The Labute approximate surface area is 103 Å². The average Bonchev–Trinajstić information content (AvgIpc) is 2.87. The van der Waals surface area contributed by atoms with Gasteiger partial charge in [-0.1, -0.05) is 17.9 Å². The molecule has 2 aromatic rings. The Balaban J connectivity index is 2.58. The van der Waals surface area contributed by atoms with E-state index in [1.54, 1.807) is 17.5 Å². The summed E-state index contributed by atoms with van der Waals surface area (Å²) in [7, 11) is 0. The van der Waals surface area contributed by atoms with Crippen molar-refractivity contribution < 1.29 is 22.0 Å². The molecule has 6 heteroatoms. The lowest BCUT2D eigenvalue weighted by Crippen LogP contribution is -2.04. The van der Waals surface area contributed by atoms with E-state index >= 15 is 0 Å². The van der Waals surface area contributed by atoms with Gasteiger partial charge in [0.2, 0.25) is 5.82 Å². The van der Waals surface area contributed by atoms with E-state index in [4.69, 9.17) is 0 Å². The van der Waals surface area contributed by atoms with Crippen LogP contribution in [0.25, 0.3) is 0 Å². The van der Waals surface area contributed by atoms with Crippen LogP contribution in [-0.4, -0.2) is 0 Å². The minimum atomic E-state index is -2.19. The molecule has 0 aliphatic carbocycles. The van der Waals surface area contributed by atoms with Crippen LogP contribution in [0, 0.1) is 40.9 Å². The Hall–Kier alpha value is -1.87. The van der Waals surface area contributed by atoms with Crippen molar-refractivity contribution in [3.8, 4) is 11.8 Å². The van der Waals surface area contributed by atoms with E-state index < -0.39 is 34.6 Å². The SMILES string of the molecule is Fc1c(F)c(F)c(C#Cc2cccs2)c(F)c1F. The third-order valence-corrected chi connectivity index (χ3v) is 2.83. The van der Waals surface area contributed by atoms with Crippen molar-refractivity contribution in [2.45, 2.75) is 0 Å². The number of halogens is 5. The monoisotopic (exact) mass is 274 g/mol. The maximum atomic E-state index is 13.2. The molecule has 1 heterocycles. The molecule has 2 rings (SSSR count). The van der Waals surface area contributed by atoms with E-state index in [1.807, 2.05) is 5.92 Å². The van der Waals surface area contributed by atoms with Crippen LogP contribution in [-0.2, 0) is 0 Å².